The van der Waals surface area contributed by atoms with Crippen LogP contribution < -0.4 is 0 Å². The Morgan fingerprint density at radius 1 is 1.25 bits per heavy atom. The first-order valence-corrected chi connectivity index (χ1v) is 8.70. The van der Waals surface area contributed by atoms with Crippen molar-refractivity contribution in [3.63, 3.8) is 0 Å². The van der Waals surface area contributed by atoms with Gasteiger partial charge in [0.2, 0.25) is 5.91 Å². The van der Waals surface area contributed by atoms with Crippen molar-refractivity contribution >= 4 is 17.2 Å². The fourth-order valence-electron chi connectivity index (χ4n) is 2.69. The molecule has 1 fully saturated rings. The normalized spacial score (nSPS) is 17.0. The van der Waals surface area contributed by atoms with Gasteiger partial charge in [0.15, 0.2) is 0 Å². The summed E-state index contributed by atoms with van der Waals surface area (Å²) in [6.07, 6.45) is 6.22. The monoisotopic (exact) mass is 294 g/mol. The smallest absolute Gasteiger partial charge is 0.236 e. The highest BCUT2D eigenvalue weighted by Gasteiger charge is 2.17. The third-order valence-electron chi connectivity index (χ3n) is 3.97. The van der Waals surface area contributed by atoms with Gasteiger partial charge < -0.3 is 4.90 Å². The molecule has 1 aliphatic rings. The van der Waals surface area contributed by atoms with Gasteiger partial charge in [-0.2, -0.15) is 0 Å². The van der Waals surface area contributed by atoms with Crippen LogP contribution in [0.15, 0.2) is 17.5 Å². The minimum absolute atomic E-state index is 0.310. The van der Waals surface area contributed by atoms with Crippen LogP contribution in [-0.2, 0) is 11.3 Å². The highest BCUT2D eigenvalue weighted by Crippen LogP contribution is 2.13. The standard InChI is InChI=1S/C16H26N2OS/c1-2-17(13-15-9-8-12-20-15)14-16(19)18-10-6-4-3-5-7-11-18/h8-9,12H,2-7,10-11,13-14H2,1H3. The van der Waals surface area contributed by atoms with Crippen molar-refractivity contribution in [1.29, 1.82) is 0 Å². The van der Waals surface area contributed by atoms with Crippen LogP contribution in [0.25, 0.3) is 0 Å². The van der Waals surface area contributed by atoms with E-state index < -0.39 is 0 Å². The molecule has 3 nitrogen and oxygen atoms in total. The first-order valence-electron chi connectivity index (χ1n) is 7.82. The molecule has 0 atom stereocenters. The van der Waals surface area contributed by atoms with Crippen molar-refractivity contribution < 1.29 is 4.79 Å². The topological polar surface area (TPSA) is 23.6 Å². The van der Waals surface area contributed by atoms with E-state index in [1.165, 1.54) is 37.0 Å². The molecule has 4 heteroatoms. The van der Waals surface area contributed by atoms with Crippen LogP contribution in [0.1, 0.15) is 43.9 Å². The van der Waals surface area contributed by atoms with Gasteiger partial charge in [0.05, 0.1) is 6.54 Å². The summed E-state index contributed by atoms with van der Waals surface area (Å²) in [6, 6.07) is 4.22. The van der Waals surface area contributed by atoms with Crippen molar-refractivity contribution in [3.05, 3.63) is 22.4 Å². The third kappa shape index (κ3) is 4.91. The highest BCUT2D eigenvalue weighted by molar-refractivity contribution is 7.09. The lowest BCUT2D eigenvalue weighted by Gasteiger charge is -2.28. The maximum Gasteiger partial charge on any atom is 0.236 e. The van der Waals surface area contributed by atoms with Crippen LogP contribution in [0.2, 0.25) is 0 Å². The molecule has 0 radical (unpaired) electrons. The minimum atomic E-state index is 0.310. The molecule has 20 heavy (non-hydrogen) atoms. The van der Waals surface area contributed by atoms with E-state index in [-0.39, 0.29) is 0 Å². The van der Waals surface area contributed by atoms with Crippen LogP contribution in [0.5, 0.6) is 0 Å². The van der Waals surface area contributed by atoms with E-state index in [9.17, 15) is 4.79 Å². The third-order valence-corrected chi connectivity index (χ3v) is 4.84. The Morgan fingerprint density at radius 2 is 1.95 bits per heavy atom. The van der Waals surface area contributed by atoms with Crippen molar-refractivity contribution in [2.45, 2.75) is 45.6 Å². The summed E-state index contributed by atoms with van der Waals surface area (Å²) in [5.74, 6) is 0.310. The number of nitrogens with zero attached hydrogens (tertiary/aromatic N) is 2. The molecule has 2 rings (SSSR count). The predicted molar refractivity (Wildman–Crippen MR) is 84.9 cm³/mol. The van der Waals surface area contributed by atoms with E-state index in [4.69, 9.17) is 0 Å². The van der Waals surface area contributed by atoms with Crippen molar-refractivity contribution in [3.8, 4) is 0 Å². The fraction of sp³-hybridized carbons (Fsp3) is 0.688. The van der Waals surface area contributed by atoms with E-state index in [1.54, 1.807) is 11.3 Å². The second kappa shape index (κ2) is 8.42. The number of carbonyl (C=O) groups is 1. The maximum atomic E-state index is 12.4. The largest absolute Gasteiger partial charge is 0.342 e. The Kier molecular flexibility index (Phi) is 6.54. The van der Waals surface area contributed by atoms with Gasteiger partial charge >= 0.3 is 0 Å². The molecule has 0 N–H and O–H groups in total. The summed E-state index contributed by atoms with van der Waals surface area (Å²) >= 11 is 1.77. The van der Waals surface area contributed by atoms with E-state index in [1.807, 2.05) is 0 Å². The second-order valence-electron chi connectivity index (χ2n) is 5.53. The average molecular weight is 294 g/mol. The van der Waals surface area contributed by atoms with Gasteiger partial charge in [0.25, 0.3) is 0 Å². The van der Waals surface area contributed by atoms with Gasteiger partial charge in [-0.25, -0.2) is 0 Å². The van der Waals surface area contributed by atoms with Crippen LogP contribution in [0.3, 0.4) is 0 Å². The molecule has 112 valence electrons. The molecular weight excluding hydrogens is 268 g/mol. The van der Waals surface area contributed by atoms with Crippen molar-refractivity contribution in [2.75, 3.05) is 26.2 Å². The van der Waals surface area contributed by atoms with Gasteiger partial charge in [0, 0.05) is 24.5 Å². The summed E-state index contributed by atoms with van der Waals surface area (Å²) < 4.78 is 0. The lowest BCUT2D eigenvalue weighted by molar-refractivity contribution is -0.132. The molecule has 0 bridgehead atoms. The van der Waals surface area contributed by atoms with Gasteiger partial charge in [-0.15, -0.1) is 11.3 Å². The lowest BCUT2D eigenvalue weighted by atomic mass is 10.1. The molecule has 1 aliphatic heterocycles. The Bertz CT molecular complexity index is 383. The molecule has 0 aromatic carbocycles. The average Bonchev–Trinajstić information content (AvgIpc) is 2.90. The number of likely N-dealkylation sites (tertiary alicyclic amines) is 1. The summed E-state index contributed by atoms with van der Waals surface area (Å²) in [6.45, 7) is 6.43. The summed E-state index contributed by atoms with van der Waals surface area (Å²) in [5, 5.41) is 2.10. The van der Waals surface area contributed by atoms with Crippen LogP contribution >= 0.6 is 11.3 Å². The number of hydrogen-bond donors (Lipinski definition) is 0. The van der Waals surface area contributed by atoms with E-state index in [0.29, 0.717) is 12.5 Å². The number of amides is 1. The fourth-order valence-corrected chi connectivity index (χ4v) is 3.44. The zero-order chi connectivity index (χ0) is 14.2. The Morgan fingerprint density at radius 3 is 2.55 bits per heavy atom. The number of rotatable bonds is 5. The number of carbonyl (C=O) groups excluding carboxylic acids is 1. The quantitative estimate of drug-likeness (QED) is 0.831. The van der Waals surface area contributed by atoms with Crippen LogP contribution in [-0.4, -0.2) is 41.9 Å². The Labute approximate surface area is 126 Å². The molecule has 0 spiro atoms. The number of likely N-dealkylation sites (N-methyl/N-ethyl adjacent to an activating group) is 1. The Hall–Kier alpha value is -0.870. The van der Waals surface area contributed by atoms with Gasteiger partial charge in [0.1, 0.15) is 0 Å². The molecule has 2 heterocycles. The molecule has 0 saturated carbocycles. The zero-order valence-corrected chi connectivity index (χ0v) is 13.3. The van der Waals surface area contributed by atoms with E-state index in [0.717, 1.165) is 26.2 Å². The molecule has 1 amide bonds. The summed E-state index contributed by atoms with van der Waals surface area (Å²) in [5.41, 5.74) is 0. The van der Waals surface area contributed by atoms with Crippen LogP contribution in [0, 0.1) is 0 Å². The molecule has 1 aromatic rings. The summed E-state index contributed by atoms with van der Waals surface area (Å²) in [4.78, 5) is 18.1. The van der Waals surface area contributed by atoms with Gasteiger partial charge in [-0.05, 0) is 30.8 Å². The van der Waals surface area contributed by atoms with Gasteiger partial charge in [-0.1, -0.05) is 32.3 Å². The zero-order valence-electron chi connectivity index (χ0n) is 12.5. The first kappa shape index (κ1) is 15.5. The first-order chi connectivity index (χ1) is 9.79. The van der Waals surface area contributed by atoms with Crippen molar-refractivity contribution in [2.24, 2.45) is 0 Å². The minimum Gasteiger partial charge on any atom is -0.342 e. The Balaban J connectivity index is 1.83. The molecule has 1 saturated heterocycles. The second-order valence-corrected chi connectivity index (χ2v) is 6.56. The van der Waals surface area contributed by atoms with E-state index >= 15 is 0 Å². The summed E-state index contributed by atoms with van der Waals surface area (Å²) in [7, 11) is 0. The van der Waals surface area contributed by atoms with Crippen LogP contribution in [0.4, 0.5) is 0 Å². The molecule has 0 unspecified atom stereocenters. The van der Waals surface area contributed by atoms with Gasteiger partial charge in [-0.3, -0.25) is 9.69 Å². The number of hydrogen-bond acceptors (Lipinski definition) is 3. The molecule has 1 aromatic heterocycles. The highest BCUT2D eigenvalue weighted by atomic mass is 32.1. The SMILES string of the molecule is CCN(CC(=O)N1CCCCCCC1)Cc1cccs1. The number of thiophene rings is 1. The molecule has 0 aliphatic carbocycles. The van der Waals surface area contributed by atoms with Crippen molar-refractivity contribution in [1.82, 2.24) is 9.80 Å². The maximum absolute atomic E-state index is 12.4. The predicted octanol–water partition coefficient (Wildman–Crippen LogP) is 3.36. The lowest BCUT2D eigenvalue weighted by Crippen LogP contribution is -2.41. The molecular formula is C16H26N2OS. The van der Waals surface area contributed by atoms with E-state index in [2.05, 4.69) is 34.2 Å².